The predicted molar refractivity (Wildman–Crippen MR) is 135 cm³/mol. The Bertz CT molecular complexity index is 1220. The van der Waals surface area contributed by atoms with Crippen LogP contribution in [0.3, 0.4) is 0 Å². The maximum Gasteiger partial charge on any atom is 0.243 e. The van der Waals surface area contributed by atoms with Crippen molar-refractivity contribution in [3.63, 3.8) is 0 Å². The molecular formula is C24H25Cl2N5O3. The van der Waals surface area contributed by atoms with Crippen molar-refractivity contribution in [3.8, 4) is 22.6 Å². The van der Waals surface area contributed by atoms with E-state index >= 15 is 0 Å². The Morgan fingerprint density at radius 3 is 2.47 bits per heavy atom. The molecule has 2 heterocycles. The zero-order valence-corrected chi connectivity index (χ0v) is 20.6. The first kappa shape index (κ1) is 24.1. The monoisotopic (exact) mass is 501 g/mol. The SMILES string of the molecule is C=CC(=O)NC1CN(C)CC1Nc1ncc2cc(-c3c(Cl)c(OC)cc(OC)c3Cl)ccc2n1. The third-order valence-electron chi connectivity index (χ3n) is 5.77. The van der Waals surface area contributed by atoms with Crippen molar-refractivity contribution in [2.45, 2.75) is 12.1 Å². The number of carbonyl (C=O) groups is 1. The molecule has 0 radical (unpaired) electrons. The summed E-state index contributed by atoms with van der Waals surface area (Å²) in [5.74, 6) is 1.21. The number of hydrogen-bond acceptors (Lipinski definition) is 7. The first-order valence-electron chi connectivity index (χ1n) is 10.6. The summed E-state index contributed by atoms with van der Waals surface area (Å²) in [5, 5.41) is 7.91. The first-order valence-corrected chi connectivity index (χ1v) is 11.3. The molecule has 0 aliphatic carbocycles. The number of fused-ring (bicyclic) bond motifs is 1. The Hall–Kier alpha value is -3.07. The minimum Gasteiger partial charge on any atom is -0.495 e. The number of anilines is 1. The number of methoxy groups -OCH3 is 2. The number of nitrogens with zero attached hydrogens (tertiary/aromatic N) is 3. The number of halogens is 2. The molecule has 0 spiro atoms. The zero-order valence-electron chi connectivity index (χ0n) is 19.1. The average molecular weight is 502 g/mol. The number of hydrogen-bond donors (Lipinski definition) is 2. The molecule has 2 atom stereocenters. The van der Waals surface area contributed by atoms with Gasteiger partial charge in [0.25, 0.3) is 0 Å². The molecule has 1 saturated heterocycles. The molecule has 1 aromatic heterocycles. The van der Waals surface area contributed by atoms with Crippen molar-refractivity contribution >= 4 is 46.0 Å². The summed E-state index contributed by atoms with van der Waals surface area (Å²) in [7, 11) is 5.08. The second-order valence-electron chi connectivity index (χ2n) is 8.04. The van der Waals surface area contributed by atoms with Gasteiger partial charge in [0.15, 0.2) is 0 Å². The van der Waals surface area contributed by atoms with Crippen LogP contribution >= 0.6 is 23.2 Å². The lowest BCUT2D eigenvalue weighted by molar-refractivity contribution is -0.117. The van der Waals surface area contributed by atoms with E-state index in [4.69, 9.17) is 32.7 Å². The van der Waals surface area contributed by atoms with Crippen molar-refractivity contribution in [1.82, 2.24) is 20.2 Å². The summed E-state index contributed by atoms with van der Waals surface area (Å²) < 4.78 is 10.8. The molecule has 0 bridgehead atoms. The molecule has 2 N–H and O–H groups in total. The maximum absolute atomic E-state index is 11.8. The van der Waals surface area contributed by atoms with Gasteiger partial charge in [-0.1, -0.05) is 35.8 Å². The van der Waals surface area contributed by atoms with Crippen LogP contribution in [0.5, 0.6) is 11.5 Å². The topological polar surface area (TPSA) is 88.6 Å². The lowest BCUT2D eigenvalue weighted by atomic mass is 10.0. The van der Waals surface area contributed by atoms with Crippen LogP contribution in [-0.4, -0.2) is 67.2 Å². The van der Waals surface area contributed by atoms with Gasteiger partial charge < -0.3 is 25.0 Å². The molecule has 2 unspecified atom stereocenters. The Labute approximate surface area is 207 Å². The minimum atomic E-state index is -0.203. The Morgan fingerprint density at radius 1 is 1.15 bits per heavy atom. The van der Waals surface area contributed by atoms with Crippen molar-refractivity contribution in [1.29, 1.82) is 0 Å². The largest absolute Gasteiger partial charge is 0.495 e. The first-order chi connectivity index (χ1) is 16.3. The molecule has 178 valence electrons. The van der Waals surface area contributed by atoms with Crippen LogP contribution in [0, 0.1) is 0 Å². The number of likely N-dealkylation sites (tertiary alicyclic amines) is 1. The summed E-state index contributed by atoms with van der Waals surface area (Å²) in [6.07, 6.45) is 3.01. The molecule has 1 fully saturated rings. The van der Waals surface area contributed by atoms with Crippen LogP contribution in [0.1, 0.15) is 0 Å². The summed E-state index contributed by atoms with van der Waals surface area (Å²) >= 11 is 13.1. The van der Waals surface area contributed by atoms with Crippen LogP contribution in [0.25, 0.3) is 22.0 Å². The number of amides is 1. The van der Waals surface area contributed by atoms with E-state index in [-0.39, 0.29) is 18.0 Å². The fourth-order valence-corrected chi connectivity index (χ4v) is 4.82. The molecular weight excluding hydrogens is 477 g/mol. The van der Waals surface area contributed by atoms with E-state index in [1.54, 1.807) is 12.3 Å². The number of benzene rings is 2. The molecule has 4 rings (SSSR count). The van der Waals surface area contributed by atoms with E-state index < -0.39 is 0 Å². The molecule has 0 saturated carbocycles. The smallest absolute Gasteiger partial charge is 0.243 e. The van der Waals surface area contributed by atoms with Gasteiger partial charge in [-0.25, -0.2) is 9.97 Å². The maximum atomic E-state index is 11.8. The van der Waals surface area contributed by atoms with Gasteiger partial charge in [0, 0.05) is 36.3 Å². The molecule has 1 aliphatic rings. The molecule has 8 nitrogen and oxygen atoms in total. The van der Waals surface area contributed by atoms with Crippen LogP contribution in [0.15, 0.2) is 43.1 Å². The third kappa shape index (κ3) is 4.75. The number of carbonyl (C=O) groups excluding carboxylic acids is 1. The summed E-state index contributed by atoms with van der Waals surface area (Å²) in [5.41, 5.74) is 2.15. The Morgan fingerprint density at radius 2 is 1.82 bits per heavy atom. The normalized spacial score (nSPS) is 18.0. The van der Waals surface area contributed by atoms with E-state index in [0.717, 1.165) is 29.6 Å². The number of nitrogens with one attached hydrogen (secondary N) is 2. The summed E-state index contributed by atoms with van der Waals surface area (Å²) in [4.78, 5) is 23.1. The van der Waals surface area contributed by atoms with Gasteiger partial charge in [0.2, 0.25) is 11.9 Å². The molecule has 2 aromatic carbocycles. The zero-order chi connectivity index (χ0) is 24.4. The molecule has 34 heavy (non-hydrogen) atoms. The number of ether oxygens (including phenoxy) is 2. The van der Waals surface area contributed by atoms with Crippen molar-refractivity contribution in [2.75, 3.05) is 39.7 Å². The van der Waals surface area contributed by atoms with Crippen LogP contribution in [0.2, 0.25) is 10.0 Å². The van der Waals surface area contributed by atoms with E-state index in [0.29, 0.717) is 33.1 Å². The Kier molecular flexibility index (Phi) is 7.11. The minimum absolute atomic E-state index is 0.0347. The standard InChI is InChI=1S/C24H25Cl2N5O3/c1-5-20(32)28-16-11-31(2)12-17(16)30-24-27-10-14-8-13(6-7-15(14)29-24)21-22(25)18(33-3)9-19(34-4)23(21)26/h5-10,16-17H,1,11-12H2,2-4H3,(H,28,32)(H,27,29,30). The number of likely N-dealkylation sites (N-methyl/N-ethyl adjacent to an activating group) is 1. The molecule has 10 heteroatoms. The van der Waals surface area contributed by atoms with Gasteiger partial charge in [0.1, 0.15) is 11.5 Å². The predicted octanol–water partition coefficient (Wildman–Crippen LogP) is 4.02. The quantitative estimate of drug-likeness (QED) is 0.472. The van der Waals surface area contributed by atoms with Crippen LogP contribution in [0.4, 0.5) is 5.95 Å². The van der Waals surface area contributed by atoms with Crippen molar-refractivity contribution in [3.05, 3.63) is 53.2 Å². The Balaban J connectivity index is 1.63. The van der Waals surface area contributed by atoms with Crippen LogP contribution < -0.4 is 20.1 Å². The average Bonchev–Trinajstić information content (AvgIpc) is 3.17. The second-order valence-corrected chi connectivity index (χ2v) is 8.80. The van der Waals surface area contributed by atoms with Gasteiger partial charge in [-0.2, -0.15) is 0 Å². The highest BCUT2D eigenvalue weighted by Crippen LogP contribution is 2.46. The van der Waals surface area contributed by atoms with Gasteiger partial charge in [-0.05, 0) is 30.8 Å². The highest BCUT2D eigenvalue weighted by Gasteiger charge is 2.32. The van der Waals surface area contributed by atoms with Gasteiger partial charge in [0.05, 0.1) is 41.9 Å². The van der Waals surface area contributed by atoms with Gasteiger partial charge in [-0.15, -0.1) is 0 Å². The van der Waals surface area contributed by atoms with E-state index in [1.165, 1.54) is 20.3 Å². The fraction of sp³-hybridized carbons (Fsp3) is 0.292. The van der Waals surface area contributed by atoms with Gasteiger partial charge in [-0.3, -0.25) is 4.79 Å². The number of rotatable bonds is 7. The van der Waals surface area contributed by atoms with E-state index in [1.807, 2.05) is 25.2 Å². The lowest BCUT2D eigenvalue weighted by Crippen LogP contribution is -2.45. The molecule has 1 aliphatic heterocycles. The van der Waals surface area contributed by atoms with Crippen LogP contribution in [-0.2, 0) is 4.79 Å². The summed E-state index contributed by atoms with van der Waals surface area (Å²) in [6.45, 7) is 4.99. The highest BCUT2D eigenvalue weighted by molar-refractivity contribution is 6.41. The number of aromatic nitrogens is 2. The van der Waals surface area contributed by atoms with E-state index in [9.17, 15) is 4.79 Å². The lowest BCUT2D eigenvalue weighted by Gasteiger charge is -2.20. The second kappa shape index (κ2) is 10.0. The molecule has 3 aromatic rings. The fourth-order valence-electron chi connectivity index (χ4n) is 4.10. The third-order valence-corrected chi connectivity index (χ3v) is 6.52. The van der Waals surface area contributed by atoms with Crippen molar-refractivity contribution < 1.29 is 14.3 Å². The molecule has 1 amide bonds. The van der Waals surface area contributed by atoms with Gasteiger partial charge >= 0.3 is 0 Å². The summed E-state index contributed by atoms with van der Waals surface area (Å²) in [6, 6.07) is 7.23. The van der Waals surface area contributed by atoms with E-state index in [2.05, 4.69) is 32.1 Å². The van der Waals surface area contributed by atoms with Crippen molar-refractivity contribution in [2.24, 2.45) is 0 Å². The highest BCUT2D eigenvalue weighted by atomic mass is 35.5.